The van der Waals surface area contributed by atoms with E-state index in [2.05, 4.69) is 5.32 Å². The van der Waals surface area contributed by atoms with E-state index < -0.39 is 10.0 Å². The first-order chi connectivity index (χ1) is 9.88. The Balaban J connectivity index is 1.87. The highest BCUT2D eigenvalue weighted by Crippen LogP contribution is 2.19. The molecule has 1 N–H and O–H groups in total. The van der Waals surface area contributed by atoms with Crippen LogP contribution in [-0.4, -0.2) is 44.2 Å². The molecular weight excluding hydrogens is 291 g/mol. The lowest BCUT2D eigenvalue weighted by Gasteiger charge is -2.24. The number of benzene rings is 1. The van der Waals surface area contributed by atoms with Crippen LogP contribution in [0.4, 0.5) is 4.39 Å². The van der Waals surface area contributed by atoms with Crippen LogP contribution in [-0.2, 0) is 16.4 Å². The van der Waals surface area contributed by atoms with E-state index in [-0.39, 0.29) is 17.9 Å². The lowest BCUT2D eigenvalue weighted by Crippen LogP contribution is -2.43. The van der Waals surface area contributed by atoms with Gasteiger partial charge in [0.05, 0.1) is 6.26 Å². The minimum absolute atomic E-state index is 0.0167. The van der Waals surface area contributed by atoms with Gasteiger partial charge in [-0.1, -0.05) is 18.2 Å². The minimum atomic E-state index is -3.13. The van der Waals surface area contributed by atoms with Crippen molar-refractivity contribution in [2.75, 3.05) is 19.3 Å². The molecule has 4 nitrogen and oxygen atoms in total. The largest absolute Gasteiger partial charge is 0.312 e. The van der Waals surface area contributed by atoms with E-state index in [1.807, 2.05) is 13.0 Å². The Morgan fingerprint density at radius 1 is 1.43 bits per heavy atom. The molecule has 1 aliphatic heterocycles. The second-order valence-corrected chi connectivity index (χ2v) is 7.71. The zero-order valence-corrected chi connectivity index (χ0v) is 13.4. The summed E-state index contributed by atoms with van der Waals surface area (Å²) in [6, 6.07) is 6.87. The normalized spacial score (nSPS) is 21.6. The highest BCUT2D eigenvalue weighted by Gasteiger charge is 2.31. The maximum atomic E-state index is 13.6. The molecule has 118 valence electrons. The number of hydrogen-bond acceptors (Lipinski definition) is 3. The SMILES string of the molecule is C[C@H](Cc1ccccc1F)NC[C@H]1CCCN1S(C)(=O)=O. The van der Waals surface area contributed by atoms with Gasteiger partial charge in [0.25, 0.3) is 0 Å². The molecule has 0 saturated carbocycles. The Kier molecular flexibility index (Phi) is 5.35. The second-order valence-electron chi connectivity index (χ2n) is 5.77. The van der Waals surface area contributed by atoms with Crippen LogP contribution < -0.4 is 5.32 Å². The number of sulfonamides is 1. The predicted octanol–water partition coefficient (Wildman–Crippen LogP) is 1.77. The Bertz CT molecular complexity index is 577. The van der Waals surface area contributed by atoms with Crippen molar-refractivity contribution in [3.05, 3.63) is 35.6 Å². The van der Waals surface area contributed by atoms with Crippen molar-refractivity contribution in [3.63, 3.8) is 0 Å². The molecule has 1 saturated heterocycles. The monoisotopic (exact) mass is 314 g/mol. The first-order valence-corrected chi connectivity index (χ1v) is 9.16. The molecule has 1 aromatic rings. The van der Waals surface area contributed by atoms with E-state index in [0.717, 1.165) is 12.8 Å². The summed E-state index contributed by atoms with van der Waals surface area (Å²) in [7, 11) is -3.13. The molecule has 0 spiro atoms. The number of nitrogens with zero attached hydrogens (tertiary/aromatic N) is 1. The van der Waals surface area contributed by atoms with Gasteiger partial charge in [0, 0.05) is 25.2 Å². The summed E-state index contributed by atoms with van der Waals surface area (Å²) < 4.78 is 38.5. The zero-order chi connectivity index (χ0) is 15.5. The molecule has 0 aliphatic carbocycles. The first-order valence-electron chi connectivity index (χ1n) is 7.31. The predicted molar refractivity (Wildman–Crippen MR) is 82.1 cm³/mol. The molecule has 0 radical (unpaired) electrons. The Morgan fingerprint density at radius 2 is 2.14 bits per heavy atom. The molecule has 0 bridgehead atoms. The molecule has 0 aromatic heterocycles. The van der Waals surface area contributed by atoms with Crippen LogP contribution in [0.5, 0.6) is 0 Å². The third-order valence-electron chi connectivity index (χ3n) is 3.93. The minimum Gasteiger partial charge on any atom is -0.312 e. The fourth-order valence-electron chi connectivity index (χ4n) is 2.85. The van der Waals surface area contributed by atoms with E-state index in [0.29, 0.717) is 25.1 Å². The van der Waals surface area contributed by atoms with Crippen LogP contribution in [0, 0.1) is 5.82 Å². The van der Waals surface area contributed by atoms with Gasteiger partial charge in [-0.05, 0) is 37.8 Å². The average Bonchev–Trinajstić information content (AvgIpc) is 2.87. The molecule has 0 amide bonds. The van der Waals surface area contributed by atoms with Gasteiger partial charge in [0.2, 0.25) is 10.0 Å². The maximum absolute atomic E-state index is 13.6. The van der Waals surface area contributed by atoms with Crippen LogP contribution in [0.1, 0.15) is 25.3 Å². The molecule has 2 atom stereocenters. The van der Waals surface area contributed by atoms with E-state index >= 15 is 0 Å². The quantitative estimate of drug-likeness (QED) is 0.870. The van der Waals surface area contributed by atoms with Crippen molar-refractivity contribution in [1.82, 2.24) is 9.62 Å². The fraction of sp³-hybridized carbons (Fsp3) is 0.600. The summed E-state index contributed by atoms with van der Waals surface area (Å²) in [6.07, 6.45) is 3.64. The molecule has 0 unspecified atom stereocenters. The van der Waals surface area contributed by atoms with Crippen molar-refractivity contribution in [1.29, 1.82) is 0 Å². The summed E-state index contributed by atoms with van der Waals surface area (Å²) in [4.78, 5) is 0. The molecule has 1 aromatic carbocycles. The van der Waals surface area contributed by atoms with Crippen LogP contribution >= 0.6 is 0 Å². The third kappa shape index (κ3) is 4.49. The van der Waals surface area contributed by atoms with E-state index in [9.17, 15) is 12.8 Å². The summed E-state index contributed by atoms with van der Waals surface area (Å²) >= 11 is 0. The maximum Gasteiger partial charge on any atom is 0.211 e. The molecule has 2 rings (SSSR count). The Hall–Kier alpha value is -0.980. The molecule has 1 heterocycles. The Morgan fingerprint density at radius 3 is 2.81 bits per heavy atom. The standard InChI is InChI=1S/C15H23FN2O2S/c1-12(10-13-6-3-4-8-15(13)16)17-11-14-7-5-9-18(14)21(2,19)20/h3-4,6,8,12,14,17H,5,7,9-11H2,1-2H3/t12-,14-/m1/s1. The fourth-order valence-corrected chi connectivity index (χ4v) is 4.04. The van der Waals surface area contributed by atoms with Gasteiger partial charge in [0.1, 0.15) is 5.82 Å². The van der Waals surface area contributed by atoms with Crippen molar-refractivity contribution >= 4 is 10.0 Å². The number of rotatable bonds is 6. The number of halogens is 1. The topological polar surface area (TPSA) is 49.4 Å². The van der Waals surface area contributed by atoms with Crippen molar-refractivity contribution in [3.8, 4) is 0 Å². The van der Waals surface area contributed by atoms with Gasteiger partial charge in [0.15, 0.2) is 0 Å². The summed E-state index contributed by atoms with van der Waals surface area (Å²) in [5.74, 6) is -0.190. The van der Waals surface area contributed by atoms with Crippen LogP contribution in [0.2, 0.25) is 0 Å². The zero-order valence-electron chi connectivity index (χ0n) is 12.5. The van der Waals surface area contributed by atoms with Crippen LogP contribution in [0.3, 0.4) is 0 Å². The highest BCUT2D eigenvalue weighted by atomic mass is 32.2. The molecule has 1 fully saturated rings. The van der Waals surface area contributed by atoms with Gasteiger partial charge < -0.3 is 5.32 Å². The Labute approximate surface area is 126 Å². The van der Waals surface area contributed by atoms with Gasteiger partial charge in [-0.2, -0.15) is 4.31 Å². The van der Waals surface area contributed by atoms with Gasteiger partial charge in [-0.15, -0.1) is 0 Å². The molecule has 1 aliphatic rings. The molecule has 6 heteroatoms. The average molecular weight is 314 g/mol. The van der Waals surface area contributed by atoms with E-state index in [1.165, 1.54) is 12.3 Å². The highest BCUT2D eigenvalue weighted by molar-refractivity contribution is 7.88. The second kappa shape index (κ2) is 6.85. The summed E-state index contributed by atoms with van der Waals surface area (Å²) in [5.41, 5.74) is 0.684. The lowest BCUT2D eigenvalue weighted by molar-refractivity contribution is 0.360. The first kappa shape index (κ1) is 16.4. The lowest BCUT2D eigenvalue weighted by atomic mass is 10.1. The van der Waals surface area contributed by atoms with Crippen LogP contribution in [0.15, 0.2) is 24.3 Å². The van der Waals surface area contributed by atoms with Crippen molar-refractivity contribution in [2.45, 2.75) is 38.3 Å². The molecule has 21 heavy (non-hydrogen) atoms. The number of hydrogen-bond donors (Lipinski definition) is 1. The summed E-state index contributed by atoms with van der Waals surface area (Å²) in [5, 5.41) is 3.33. The number of nitrogens with one attached hydrogen (secondary N) is 1. The van der Waals surface area contributed by atoms with Crippen LogP contribution in [0.25, 0.3) is 0 Å². The van der Waals surface area contributed by atoms with Gasteiger partial charge in [-0.3, -0.25) is 0 Å². The smallest absolute Gasteiger partial charge is 0.211 e. The third-order valence-corrected chi connectivity index (χ3v) is 5.27. The van der Waals surface area contributed by atoms with E-state index in [1.54, 1.807) is 16.4 Å². The summed E-state index contributed by atoms with van der Waals surface area (Å²) in [6.45, 7) is 3.21. The van der Waals surface area contributed by atoms with Gasteiger partial charge >= 0.3 is 0 Å². The molecular formula is C15H23FN2O2S. The van der Waals surface area contributed by atoms with Crippen molar-refractivity contribution < 1.29 is 12.8 Å². The van der Waals surface area contributed by atoms with Crippen molar-refractivity contribution in [2.24, 2.45) is 0 Å². The van der Waals surface area contributed by atoms with Gasteiger partial charge in [-0.25, -0.2) is 12.8 Å². The van der Waals surface area contributed by atoms with E-state index in [4.69, 9.17) is 0 Å².